The van der Waals surface area contributed by atoms with Crippen LogP contribution in [-0.4, -0.2) is 17.9 Å². The Morgan fingerprint density at radius 2 is 1.96 bits per heavy atom. The Morgan fingerprint density at radius 1 is 1.19 bits per heavy atom. The fourth-order valence-corrected chi connectivity index (χ4v) is 3.36. The normalized spacial score (nSPS) is 21.2. The summed E-state index contributed by atoms with van der Waals surface area (Å²) in [6.07, 6.45) is 6.36. The molecule has 1 saturated carbocycles. The van der Waals surface area contributed by atoms with Gasteiger partial charge in [-0.05, 0) is 50.0 Å². The number of carbonyl (C=O) groups excluding carboxylic acids is 2. The highest BCUT2D eigenvalue weighted by Crippen LogP contribution is 2.25. The fourth-order valence-electron chi connectivity index (χ4n) is 3.36. The summed E-state index contributed by atoms with van der Waals surface area (Å²) in [5.74, 6) is -1.81. The summed E-state index contributed by atoms with van der Waals surface area (Å²) in [6.45, 7) is 4.02. The van der Waals surface area contributed by atoms with E-state index >= 15 is 0 Å². The lowest BCUT2D eigenvalue weighted by molar-refractivity contribution is -0.129. The van der Waals surface area contributed by atoms with Crippen LogP contribution in [-0.2, 0) is 20.9 Å². The van der Waals surface area contributed by atoms with Gasteiger partial charge in [0.1, 0.15) is 5.92 Å². The zero-order valence-corrected chi connectivity index (χ0v) is 15.3. The van der Waals surface area contributed by atoms with E-state index in [-0.39, 0.29) is 5.91 Å². The molecular weight excluding hydrogens is 330 g/mol. The third-order valence-corrected chi connectivity index (χ3v) is 5.04. The van der Waals surface area contributed by atoms with Gasteiger partial charge in [0.05, 0.1) is 18.4 Å². The molecule has 138 valence electrons. The predicted octanol–water partition coefficient (Wildman–Crippen LogP) is 4.38. The number of allylic oxidation sites excluding steroid dienone is 1. The Labute approximate surface area is 153 Å². The average molecular weight is 355 g/mol. The molecule has 1 unspecified atom stereocenters. The third-order valence-electron chi connectivity index (χ3n) is 5.04. The average Bonchev–Trinajstić information content (AvgIpc) is 2.64. The summed E-state index contributed by atoms with van der Waals surface area (Å²) >= 11 is 0. The zero-order valence-electron chi connectivity index (χ0n) is 15.3. The quantitative estimate of drug-likeness (QED) is 0.796. The number of hydrogen-bond acceptors (Lipinski definition) is 4. The maximum atomic E-state index is 12.6. The molecule has 0 aromatic heterocycles. The van der Waals surface area contributed by atoms with Gasteiger partial charge in [-0.1, -0.05) is 31.4 Å². The van der Waals surface area contributed by atoms with Crippen molar-refractivity contribution < 1.29 is 14.3 Å². The Balaban J connectivity index is 1.62. The molecule has 0 spiro atoms. The highest BCUT2D eigenvalue weighted by atomic mass is 16.5. The van der Waals surface area contributed by atoms with Crippen LogP contribution in [0.5, 0.6) is 0 Å². The van der Waals surface area contributed by atoms with Crippen LogP contribution in [0.1, 0.15) is 51.5 Å². The summed E-state index contributed by atoms with van der Waals surface area (Å²) in [6, 6.07) is 7.56. The van der Waals surface area contributed by atoms with E-state index in [0.29, 0.717) is 29.7 Å². The van der Waals surface area contributed by atoms with Crippen LogP contribution in [0, 0.1) is 5.92 Å². The van der Waals surface area contributed by atoms with E-state index in [1.165, 1.54) is 19.3 Å². The summed E-state index contributed by atoms with van der Waals surface area (Å²) in [5.41, 5.74) is 2.91. The van der Waals surface area contributed by atoms with Gasteiger partial charge in [-0.3, -0.25) is 9.59 Å². The Kier molecular flexibility index (Phi) is 5.93. The van der Waals surface area contributed by atoms with E-state index < -0.39 is 11.8 Å². The third kappa shape index (κ3) is 4.43. The number of anilines is 1. The number of benzene rings is 1. The first-order valence-corrected chi connectivity index (χ1v) is 9.19. The second-order valence-electron chi connectivity index (χ2n) is 7.00. The van der Waals surface area contributed by atoms with Crippen molar-refractivity contribution in [3.8, 4) is 0 Å². The van der Waals surface area contributed by atoms with Crippen LogP contribution in [0.2, 0.25) is 0 Å². The summed E-state index contributed by atoms with van der Waals surface area (Å²) in [5, 5.41) is 10.1. The number of amides is 2. The first kappa shape index (κ1) is 18.5. The number of ether oxygens (including phenoxy) is 1. The van der Waals surface area contributed by atoms with Crippen molar-refractivity contribution in [3.05, 3.63) is 41.1 Å². The minimum atomic E-state index is -0.908. The molecule has 1 aliphatic heterocycles. The fraction of sp³-hybridized carbons (Fsp3) is 0.500. The van der Waals surface area contributed by atoms with Crippen molar-refractivity contribution in [3.63, 3.8) is 0 Å². The molecule has 6 heteroatoms. The predicted molar refractivity (Wildman–Crippen MR) is 98.5 cm³/mol. The zero-order chi connectivity index (χ0) is 18.5. The van der Waals surface area contributed by atoms with Crippen LogP contribution in [0.15, 0.2) is 45.8 Å². The largest absolute Gasteiger partial charge is 0.374 e. The molecule has 1 aromatic carbocycles. The lowest BCUT2D eigenvalue weighted by Gasteiger charge is -2.22. The lowest BCUT2D eigenvalue weighted by atomic mass is 9.96. The van der Waals surface area contributed by atoms with E-state index in [0.717, 1.165) is 18.4 Å². The molecule has 1 aliphatic carbocycles. The van der Waals surface area contributed by atoms with Crippen LogP contribution >= 0.6 is 0 Å². The van der Waals surface area contributed by atoms with Gasteiger partial charge in [-0.2, -0.15) is 5.11 Å². The Hall–Kier alpha value is -2.34. The highest BCUT2D eigenvalue weighted by Gasteiger charge is 2.32. The van der Waals surface area contributed by atoms with E-state index in [1.807, 2.05) is 24.3 Å². The van der Waals surface area contributed by atoms with Gasteiger partial charge < -0.3 is 10.1 Å². The molecule has 1 N–H and O–H groups in total. The molecule has 0 radical (unpaired) electrons. The molecule has 0 saturated heterocycles. The maximum absolute atomic E-state index is 12.6. The molecular formula is C20H25N3O3. The lowest BCUT2D eigenvalue weighted by Crippen LogP contribution is -2.31. The Bertz CT molecular complexity index is 748. The first-order valence-electron chi connectivity index (χ1n) is 9.19. The number of rotatable bonds is 5. The van der Waals surface area contributed by atoms with Gasteiger partial charge in [0.25, 0.3) is 5.91 Å². The van der Waals surface area contributed by atoms with Crippen LogP contribution in [0.3, 0.4) is 0 Å². The summed E-state index contributed by atoms with van der Waals surface area (Å²) < 4.78 is 5.99. The minimum absolute atomic E-state index is 0.336. The van der Waals surface area contributed by atoms with Crippen molar-refractivity contribution in [2.24, 2.45) is 16.1 Å². The topological polar surface area (TPSA) is 80.1 Å². The summed E-state index contributed by atoms with van der Waals surface area (Å²) in [7, 11) is 0. The molecule has 1 atom stereocenters. The highest BCUT2D eigenvalue weighted by molar-refractivity contribution is 6.09. The minimum Gasteiger partial charge on any atom is -0.374 e. The van der Waals surface area contributed by atoms with Crippen molar-refractivity contribution in [2.45, 2.75) is 58.7 Å². The monoisotopic (exact) mass is 355 g/mol. The van der Waals surface area contributed by atoms with E-state index in [1.54, 1.807) is 13.8 Å². The molecule has 1 fully saturated rings. The van der Waals surface area contributed by atoms with Crippen LogP contribution in [0.25, 0.3) is 0 Å². The molecule has 2 amide bonds. The molecule has 1 heterocycles. The van der Waals surface area contributed by atoms with Crippen LogP contribution in [0.4, 0.5) is 5.69 Å². The first-order chi connectivity index (χ1) is 12.5. The Morgan fingerprint density at radius 3 is 2.73 bits per heavy atom. The van der Waals surface area contributed by atoms with E-state index in [4.69, 9.17) is 4.74 Å². The second kappa shape index (κ2) is 8.36. The smallest absolute Gasteiger partial charge is 0.281 e. The van der Waals surface area contributed by atoms with Gasteiger partial charge in [-0.25, -0.2) is 0 Å². The van der Waals surface area contributed by atoms with Gasteiger partial charge in [0.15, 0.2) is 0 Å². The number of azo groups is 1. The number of carbonyl (C=O) groups is 2. The number of hydrogen-bond donors (Lipinski definition) is 1. The second-order valence-corrected chi connectivity index (χ2v) is 7.00. The maximum Gasteiger partial charge on any atom is 0.281 e. The standard InChI is InChI=1S/C20H25N3O3/c1-13-14(2)22-23-20(25)18(13)19(24)21-16-8-6-7-15(11-16)12-26-17-9-4-3-5-10-17/h6-8,11,17-18H,3-5,9-10,12H2,1-2H3,(H,21,24). The molecule has 26 heavy (non-hydrogen) atoms. The molecule has 2 aliphatic rings. The van der Waals surface area contributed by atoms with Gasteiger partial charge in [0, 0.05) is 5.69 Å². The van der Waals surface area contributed by atoms with Crippen LogP contribution < -0.4 is 5.32 Å². The van der Waals surface area contributed by atoms with E-state index in [2.05, 4.69) is 15.5 Å². The van der Waals surface area contributed by atoms with Gasteiger partial charge in [0.2, 0.25) is 5.91 Å². The van der Waals surface area contributed by atoms with Gasteiger partial charge >= 0.3 is 0 Å². The molecule has 6 nitrogen and oxygen atoms in total. The van der Waals surface area contributed by atoms with Crippen molar-refractivity contribution >= 4 is 17.5 Å². The SMILES string of the molecule is CC1=C(C)C(C(=O)Nc2cccc(COC3CCCCC3)c2)C(=O)N=N1. The van der Waals surface area contributed by atoms with Gasteiger partial charge in [-0.15, -0.1) is 5.11 Å². The van der Waals surface area contributed by atoms with E-state index in [9.17, 15) is 9.59 Å². The van der Waals surface area contributed by atoms with Crippen molar-refractivity contribution in [2.75, 3.05) is 5.32 Å². The number of nitrogens with zero attached hydrogens (tertiary/aromatic N) is 2. The summed E-state index contributed by atoms with van der Waals surface area (Å²) in [4.78, 5) is 24.5. The molecule has 3 rings (SSSR count). The van der Waals surface area contributed by atoms with Crippen molar-refractivity contribution in [1.29, 1.82) is 0 Å². The number of nitrogens with one attached hydrogen (secondary N) is 1. The molecule has 0 bridgehead atoms. The molecule has 1 aromatic rings. The van der Waals surface area contributed by atoms with Crippen molar-refractivity contribution in [1.82, 2.24) is 0 Å².